The van der Waals surface area contributed by atoms with Crippen molar-refractivity contribution >= 4 is 34.0 Å². The molecule has 7 heteroatoms. The Morgan fingerprint density at radius 1 is 1.32 bits per heavy atom. The predicted molar refractivity (Wildman–Crippen MR) is 84.9 cm³/mol. The number of aliphatic imine (C=N–C) groups is 1. The summed E-state index contributed by atoms with van der Waals surface area (Å²) in [5.74, 6) is -0.808. The number of amides is 2. The third-order valence-corrected chi connectivity index (χ3v) is 4.41. The average Bonchev–Trinajstić information content (AvgIpc) is 2.95. The lowest BCUT2D eigenvalue weighted by Crippen LogP contribution is -2.28. The largest absolute Gasteiger partial charge is 0.297 e. The monoisotopic (exact) mass is 314 g/mol. The van der Waals surface area contributed by atoms with Crippen LogP contribution in [-0.2, 0) is 9.59 Å². The minimum absolute atomic E-state index is 0.253. The molecule has 112 valence electrons. The molecule has 0 saturated carbocycles. The van der Waals surface area contributed by atoms with Crippen molar-refractivity contribution < 1.29 is 9.59 Å². The van der Waals surface area contributed by atoms with Gasteiger partial charge in [0.2, 0.25) is 5.13 Å². The lowest BCUT2D eigenvalue weighted by molar-refractivity contribution is -0.116. The van der Waals surface area contributed by atoms with Crippen LogP contribution < -0.4 is 5.32 Å². The normalized spacial score (nSPS) is 19.8. The molecule has 22 heavy (non-hydrogen) atoms. The van der Waals surface area contributed by atoms with E-state index in [4.69, 9.17) is 0 Å². The number of fused-ring (bicyclic) bond motifs is 1. The topological polar surface area (TPSA) is 84.3 Å². The van der Waals surface area contributed by atoms with Gasteiger partial charge in [0.25, 0.3) is 11.8 Å². The van der Waals surface area contributed by atoms with E-state index in [0.717, 1.165) is 5.01 Å². The first-order chi connectivity index (χ1) is 10.5. The molecule has 0 aromatic carbocycles. The SMILES string of the molecule is CC(C)c1nnc(NC(=O)C2=CC(=O)N=C3C=CC=CC23)s1. The van der Waals surface area contributed by atoms with E-state index in [1.54, 1.807) is 12.2 Å². The summed E-state index contributed by atoms with van der Waals surface area (Å²) < 4.78 is 0. The van der Waals surface area contributed by atoms with Gasteiger partial charge in [-0.25, -0.2) is 4.99 Å². The Bertz CT molecular complexity index is 755. The summed E-state index contributed by atoms with van der Waals surface area (Å²) in [7, 11) is 0. The van der Waals surface area contributed by atoms with Crippen LogP contribution in [0.25, 0.3) is 0 Å². The summed E-state index contributed by atoms with van der Waals surface area (Å²) in [4.78, 5) is 28.0. The van der Waals surface area contributed by atoms with Gasteiger partial charge in [-0.3, -0.25) is 14.9 Å². The molecule has 2 heterocycles. The van der Waals surface area contributed by atoms with E-state index in [9.17, 15) is 9.59 Å². The highest BCUT2D eigenvalue weighted by atomic mass is 32.1. The second-order valence-corrected chi connectivity index (χ2v) is 6.26. The van der Waals surface area contributed by atoms with Crippen molar-refractivity contribution in [2.24, 2.45) is 10.9 Å². The number of hydrogen-bond donors (Lipinski definition) is 1. The summed E-state index contributed by atoms with van der Waals surface area (Å²) in [6.45, 7) is 4.02. The number of dihydropyridines is 1. The van der Waals surface area contributed by atoms with Crippen LogP contribution in [0, 0.1) is 5.92 Å². The number of anilines is 1. The number of carbonyl (C=O) groups excluding carboxylic acids is 2. The number of carbonyl (C=O) groups is 2. The minimum atomic E-state index is -0.420. The van der Waals surface area contributed by atoms with Crippen LogP contribution in [0.3, 0.4) is 0 Å². The second-order valence-electron chi connectivity index (χ2n) is 5.25. The molecule has 1 unspecified atom stereocenters. The maximum absolute atomic E-state index is 12.4. The number of aromatic nitrogens is 2. The Balaban J connectivity index is 1.80. The molecular weight excluding hydrogens is 300 g/mol. The van der Waals surface area contributed by atoms with Crippen LogP contribution in [0.1, 0.15) is 24.8 Å². The van der Waals surface area contributed by atoms with Crippen molar-refractivity contribution in [1.29, 1.82) is 0 Å². The maximum Gasteiger partial charge on any atom is 0.270 e. The second kappa shape index (κ2) is 5.76. The molecule has 0 radical (unpaired) electrons. The highest BCUT2D eigenvalue weighted by Gasteiger charge is 2.29. The molecule has 0 saturated heterocycles. The summed E-state index contributed by atoms with van der Waals surface area (Å²) >= 11 is 1.33. The molecule has 1 N–H and O–H groups in total. The molecule has 2 amide bonds. The van der Waals surface area contributed by atoms with E-state index < -0.39 is 5.91 Å². The summed E-state index contributed by atoms with van der Waals surface area (Å²) in [6, 6.07) is 0. The summed E-state index contributed by atoms with van der Waals surface area (Å²) in [6.07, 6.45) is 8.49. The molecule has 1 atom stereocenters. The average molecular weight is 314 g/mol. The van der Waals surface area contributed by atoms with E-state index in [-0.39, 0.29) is 17.7 Å². The van der Waals surface area contributed by atoms with Crippen LogP contribution in [0.2, 0.25) is 0 Å². The smallest absolute Gasteiger partial charge is 0.270 e. The zero-order valence-corrected chi connectivity index (χ0v) is 12.9. The van der Waals surface area contributed by atoms with E-state index in [1.165, 1.54) is 17.4 Å². The van der Waals surface area contributed by atoms with Gasteiger partial charge in [-0.15, -0.1) is 10.2 Å². The van der Waals surface area contributed by atoms with E-state index >= 15 is 0 Å². The van der Waals surface area contributed by atoms with Gasteiger partial charge in [0.05, 0.1) is 11.6 Å². The van der Waals surface area contributed by atoms with Gasteiger partial charge >= 0.3 is 0 Å². The fraction of sp³-hybridized carbons (Fsp3) is 0.267. The van der Waals surface area contributed by atoms with Crippen LogP contribution in [-0.4, -0.2) is 27.7 Å². The third-order valence-electron chi connectivity index (χ3n) is 3.27. The van der Waals surface area contributed by atoms with Gasteiger partial charge in [0, 0.05) is 17.6 Å². The van der Waals surface area contributed by atoms with E-state index in [0.29, 0.717) is 16.4 Å². The van der Waals surface area contributed by atoms with Crippen molar-refractivity contribution in [2.75, 3.05) is 5.32 Å². The molecule has 6 nitrogen and oxygen atoms in total. The van der Waals surface area contributed by atoms with Crippen molar-refractivity contribution in [1.82, 2.24) is 10.2 Å². The number of nitrogens with one attached hydrogen (secondary N) is 1. The van der Waals surface area contributed by atoms with Gasteiger partial charge in [-0.05, 0) is 6.08 Å². The van der Waals surface area contributed by atoms with Crippen LogP contribution >= 0.6 is 11.3 Å². The van der Waals surface area contributed by atoms with Crippen LogP contribution in [0.4, 0.5) is 5.13 Å². The molecule has 1 aliphatic heterocycles. The van der Waals surface area contributed by atoms with Crippen molar-refractivity contribution in [3.05, 3.63) is 41.0 Å². The Labute approximate surface area is 131 Å². The Kier molecular flexibility index (Phi) is 3.81. The predicted octanol–water partition coefficient (Wildman–Crippen LogP) is 2.25. The fourth-order valence-corrected chi connectivity index (χ4v) is 2.92. The molecule has 1 aliphatic carbocycles. The highest BCUT2D eigenvalue weighted by molar-refractivity contribution is 7.15. The summed E-state index contributed by atoms with van der Waals surface area (Å²) in [5.41, 5.74) is 0.956. The van der Waals surface area contributed by atoms with Gasteiger partial charge in [-0.2, -0.15) is 0 Å². The summed E-state index contributed by atoms with van der Waals surface area (Å²) in [5, 5.41) is 12.0. The number of hydrogen-bond acceptors (Lipinski definition) is 5. The molecule has 2 aliphatic rings. The third kappa shape index (κ3) is 2.80. The quantitative estimate of drug-likeness (QED) is 0.927. The van der Waals surface area contributed by atoms with Crippen molar-refractivity contribution in [3.8, 4) is 0 Å². The highest BCUT2D eigenvalue weighted by Crippen LogP contribution is 2.26. The molecule has 0 spiro atoms. The molecule has 1 aromatic heterocycles. The fourth-order valence-electron chi connectivity index (χ4n) is 2.18. The van der Waals surface area contributed by atoms with Gasteiger partial charge in [0.15, 0.2) is 0 Å². The minimum Gasteiger partial charge on any atom is -0.297 e. The number of allylic oxidation sites excluding steroid dienone is 4. The van der Waals surface area contributed by atoms with Crippen molar-refractivity contribution in [2.45, 2.75) is 19.8 Å². The van der Waals surface area contributed by atoms with Gasteiger partial charge in [0.1, 0.15) is 5.01 Å². The molecular formula is C15H14N4O2S. The lowest BCUT2D eigenvalue weighted by Gasteiger charge is -2.20. The van der Waals surface area contributed by atoms with Crippen LogP contribution in [0.15, 0.2) is 40.9 Å². The standard InChI is InChI=1S/C15H14N4O2S/c1-8(2)14-18-19-15(22-14)17-13(21)10-7-12(20)16-11-6-4-3-5-9(10)11/h3-9H,1-2H3,(H,17,19,21). The first-order valence-corrected chi connectivity index (χ1v) is 7.70. The molecule has 1 aromatic rings. The maximum atomic E-state index is 12.4. The number of nitrogens with zero attached hydrogens (tertiary/aromatic N) is 3. The first-order valence-electron chi connectivity index (χ1n) is 6.88. The zero-order valence-electron chi connectivity index (χ0n) is 12.1. The molecule has 0 bridgehead atoms. The van der Waals surface area contributed by atoms with Gasteiger partial charge < -0.3 is 0 Å². The Morgan fingerprint density at radius 2 is 2.14 bits per heavy atom. The van der Waals surface area contributed by atoms with Crippen molar-refractivity contribution in [3.63, 3.8) is 0 Å². The Morgan fingerprint density at radius 3 is 2.86 bits per heavy atom. The van der Waals surface area contributed by atoms with E-state index in [2.05, 4.69) is 20.5 Å². The molecule has 3 rings (SSSR count). The lowest BCUT2D eigenvalue weighted by atomic mass is 9.87. The van der Waals surface area contributed by atoms with Gasteiger partial charge in [-0.1, -0.05) is 43.4 Å². The first kappa shape index (κ1) is 14.5. The van der Waals surface area contributed by atoms with Crippen LogP contribution in [0.5, 0.6) is 0 Å². The van der Waals surface area contributed by atoms with E-state index in [1.807, 2.05) is 26.0 Å². The molecule has 0 fully saturated rings. The Hall–Kier alpha value is -2.41. The number of rotatable bonds is 3. The zero-order chi connectivity index (χ0) is 15.7.